The maximum Gasteiger partial charge on any atom is 0.175 e. The lowest BCUT2D eigenvalue weighted by Crippen LogP contribution is -2.05. The first kappa shape index (κ1) is 11.5. The maximum atomic E-state index is 11.4. The van der Waals surface area contributed by atoms with E-state index in [2.05, 4.69) is 0 Å². The minimum absolute atomic E-state index is 0.0575. The van der Waals surface area contributed by atoms with Crippen LogP contribution in [0, 0.1) is 0 Å². The molecule has 0 radical (unpaired) electrons. The van der Waals surface area contributed by atoms with Gasteiger partial charge in [-0.05, 0) is 25.0 Å². The first-order valence-corrected chi connectivity index (χ1v) is 6.66. The molecule has 0 amide bonds. The van der Waals surface area contributed by atoms with E-state index in [-0.39, 0.29) is 5.38 Å². The third-order valence-corrected chi connectivity index (χ3v) is 3.22. The maximum absolute atomic E-state index is 11.4. The van der Waals surface area contributed by atoms with Crippen LogP contribution in [0.2, 0.25) is 0 Å². The molecule has 1 unspecified atom stereocenters. The molecule has 0 aliphatic heterocycles. The molecule has 78 valence electrons. The molecule has 0 N–H and O–H groups in total. The molecule has 1 aromatic rings. The van der Waals surface area contributed by atoms with E-state index >= 15 is 0 Å². The monoisotopic (exact) mass is 232 g/mol. The molecule has 0 aliphatic carbocycles. The molecule has 4 heteroatoms. The van der Waals surface area contributed by atoms with E-state index in [1.54, 1.807) is 18.2 Å². The van der Waals surface area contributed by atoms with Gasteiger partial charge in [0.1, 0.15) is 0 Å². The van der Waals surface area contributed by atoms with E-state index in [1.807, 2.05) is 13.0 Å². The summed E-state index contributed by atoms with van der Waals surface area (Å²) in [5, 5.41) is -0.0575. The lowest BCUT2D eigenvalue weighted by Gasteiger charge is -2.08. The number of rotatable bonds is 3. The van der Waals surface area contributed by atoms with Gasteiger partial charge in [0, 0.05) is 11.6 Å². The van der Waals surface area contributed by atoms with Gasteiger partial charge in [-0.2, -0.15) is 0 Å². The van der Waals surface area contributed by atoms with Gasteiger partial charge in [0.2, 0.25) is 0 Å². The number of alkyl halides is 1. The summed E-state index contributed by atoms with van der Waals surface area (Å²) in [5.74, 6) is 0. The zero-order valence-corrected chi connectivity index (χ0v) is 9.77. The van der Waals surface area contributed by atoms with Gasteiger partial charge in [-0.15, -0.1) is 11.6 Å². The second-order valence-corrected chi connectivity index (χ2v) is 6.09. The summed E-state index contributed by atoms with van der Waals surface area (Å²) >= 11 is 5.84. The van der Waals surface area contributed by atoms with Crippen LogP contribution in [0.4, 0.5) is 0 Å². The smallest absolute Gasteiger partial charge is 0.175 e. The molecule has 14 heavy (non-hydrogen) atoms. The third-order valence-electron chi connectivity index (χ3n) is 1.87. The van der Waals surface area contributed by atoms with Crippen molar-refractivity contribution in [2.75, 3.05) is 6.26 Å². The number of hydrogen-bond donors (Lipinski definition) is 0. The number of sulfone groups is 1. The Hall–Kier alpha value is -0.540. The lowest BCUT2D eigenvalue weighted by molar-refractivity contribution is 0.600. The molecule has 1 aromatic carbocycles. The lowest BCUT2D eigenvalue weighted by atomic mass is 10.1. The highest BCUT2D eigenvalue weighted by Crippen LogP contribution is 2.18. The Morgan fingerprint density at radius 2 is 1.93 bits per heavy atom. The molecule has 0 saturated heterocycles. The predicted octanol–water partition coefficient (Wildman–Crippen LogP) is 2.26. The van der Waals surface area contributed by atoms with Crippen LogP contribution in [-0.4, -0.2) is 20.1 Å². The standard InChI is InChI=1S/C10H13ClO2S/c1-8(11)7-9-5-3-4-6-10(9)14(2,12)13/h3-6,8H,7H2,1-2H3. The van der Waals surface area contributed by atoms with Crippen molar-refractivity contribution in [1.82, 2.24) is 0 Å². The minimum atomic E-state index is -3.14. The van der Waals surface area contributed by atoms with E-state index in [4.69, 9.17) is 11.6 Å². The van der Waals surface area contributed by atoms with Crippen LogP contribution in [-0.2, 0) is 16.3 Å². The third kappa shape index (κ3) is 3.00. The zero-order chi connectivity index (χ0) is 10.8. The Morgan fingerprint density at radius 1 is 1.36 bits per heavy atom. The van der Waals surface area contributed by atoms with Crippen LogP contribution >= 0.6 is 11.6 Å². The summed E-state index contributed by atoms with van der Waals surface area (Å²) in [6.45, 7) is 1.85. The normalized spacial score (nSPS) is 13.9. The quantitative estimate of drug-likeness (QED) is 0.750. The molecular weight excluding hydrogens is 220 g/mol. The first-order chi connectivity index (χ1) is 6.41. The van der Waals surface area contributed by atoms with Crippen molar-refractivity contribution in [3.8, 4) is 0 Å². The van der Waals surface area contributed by atoms with Gasteiger partial charge in [-0.25, -0.2) is 8.42 Å². The Balaban J connectivity index is 3.17. The van der Waals surface area contributed by atoms with Gasteiger partial charge >= 0.3 is 0 Å². The van der Waals surface area contributed by atoms with Crippen molar-refractivity contribution < 1.29 is 8.42 Å². The Bertz CT molecular complexity index is 410. The SMILES string of the molecule is CC(Cl)Cc1ccccc1S(C)(=O)=O. The van der Waals surface area contributed by atoms with Crippen LogP contribution in [0.1, 0.15) is 12.5 Å². The molecule has 0 spiro atoms. The number of hydrogen-bond acceptors (Lipinski definition) is 2. The highest BCUT2D eigenvalue weighted by Gasteiger charge is 2.13. The fraction of sp³-hybridized carbons (Fsp3) is 0.400. The van der Waals surface area contributed by atoms with Crippen molar-refractivity contribution in [3.05, 3.63) is 29.8 Å². The second kappa shape index (κ2) is 4.32. The second-order valence-electron chi connectivity index (χ2n) is 3.36. The van der Waals surface area contributed by atoms with Crippen molar-refractivity contribution in [1.29, 1.82) is 0 Å². The Morgan fingerprint density at radius 3 is 2.43 bits per heavy atom. The van der Waals surface area contributed by atoms with Crippen LogP contribution in [0.3, 0.4) is 0 Å². The number of benzene rings is 1. The molecule has 0 saturated carbocycles. The molecule has 0 heterocycles. The van der Waals surface area contributed by atoms with Gasteiger partial charge < -0.3 is 0 Å². The van der Waals surface area contributed by atoms with Crippen LogP contribution in [0.5, 0.6) is 0 Å². The molecule has 0 aromatic heterocycles. The minimum Gasteiger partial charge on any atom is -0.224 e. The average Bonchev–Trinajstić information content (AvgIpc) is 2.01. The van der Waals surface area contributed by atoms with Gasteiger partial charge in [0.15, 0.2) is 9.84 Å². The number of halogens is 1. The topological polar surface area (TPSA) is 34.1 Å². The Kier molecular flexibility index (Phi) is 3.56. The Labute approximate surface area is 89.8 Å². The summed E-state index contributed by atoms with van der Waals surface area (Å²) in [6, 6.07) is 6.96. The van der Waals surface area contributed by atoms with Crippen molar-refractivity contribution in [2.24, 2.45) is 0 Å². The summed E-state index contributed by atoms with van der Waals surface area (Å²) in [5.41, 5.74) is 0.789. The van der Waals surface area contributed by atoms with E-state index in [1.165, 1.54) is 6.26 Å². The van der Waals surface area contributed by atoms with Gasteiger partial charge in [0.25, 0.3) is 0 Å². The van der Waals surface area contributed by atoms with E-state index in [9.17, 15) is 8.42 Å². The van der Waals surface area contributed by atoms with Crippen LogP contribution in [0.15, 0.2) is 29.2 Å². The van der Waals surface area contributed by atoms with E-state index in [0.717, 1.165) is 5.56 Å². The molecule has 1 atom stereocenters. The molecule has 2 nitrogen and oxygen atoms in total. The average molecular weight is 233 g/mol. The summed E-state index contributed by atoms with van der Waals surface area (Å²) in [6.07, 6.45) is 1.79. The van der Waals surface area contributed by atoms with Crippen molar-refractivity contribution in [2.45, 2.75) is 23.6 Å². The van der Waals surface area contributed by atoms with Gasteiger partial charge in [-0.1, -0.05) is 18.2 Å². The summed E-state index contributed by atoms with van der Waals surface area (Å²) in [7, 11) is -3.14. The largest absolute Gasteiger partial charge is 0.224 e. The highest BCUT2D eigenvalue weighted by atomic mass is 35.5. The van der Waals surface area contributed by atoms with Crippen LogP contribution < -0.4 is 0 Å². The summed E-state index contributed by atoms with van der Waals surface area (Å²) in [4.78, 5) is 0.382. The molecule has 1 rings (SSSR count). The molecule has 0 bridgehead atoms. The van der Waals surface area contributed by atoms with Gasteiger partial charge in [0.05, 0.1) is 4.90 Å². The summed E-state index contributed by atoms with van der Waals surface area (Å²) < 4.78 is 22.8. The van der Waals surface area contributed by atoms with E-state index < -0.39 is 9.84 Å². The molecule has 0 fully saturated rings. The van der Waals surface area contributed by atoms with Crippen molar-refractivity contribution >= 4 is 21.4 Å². The highest BCUT2D eigenvalue weighted by molar-refractivity contribution is 7.90. The van der Waals surface area contributed by atoms with E-state index in [0.29, 0.717) is 11.3 Å². The first-order valence-electron chi connectivity index (χ1n) is 4.33. The fourth-order valence-electron chi connectivity index (χ4n) is 1.34. The van der Waals surface area contributed by atoms with Gasteiger partial charge in [-0.3, -0.25) is 0 Å². The molecule has 0 aliphatic rings. The van der Waals surface area contributed by atoms with Crippen molar-refractivity contribution in [3.63, 3.8) is 0 Å². The fourth-order valence-corrected chi connectivity index (χ4v) is 2.46. The predicted molar refractivity (Wildman–Crippen MR) is 58.6 cm³/mol. The van der Waals surface area contributed by atoms with Crippen LogP contribution in [0.25, 0.3) is 0 Å². The molecular formula is C10H13ClO2S. The zero-order valence-electron chi connectivity index (χ0n) is 8.20.